The standard InChI is InChI=1S/C16H22N2O5/c1-16(2,3)23-15(21)17-10-9-14(20)22-11-13(19)18-12-7-5-4-6-8-12/h4-8H,9-11H2,1-3H3,(H,17,21)(H,18,19). The third-order valence-electron chi connectivity index (χ3n) is 2.42. The maximum atomic E-state index is 11.6. The molecule has 2 N–H and O–H groups in total. The predicted molar refractivity (Wildman–Crippen MR) is 84.9 cm³/mol. The highest BCUT2D eigenvalue weighted by molar-refractivity contribution is 5.92. The molecule has 2 amide bonds. The molecule has 0 radical (unpaired) electrons. The summed E-state index contributed by atoms with van der Waals surface area (Å²) in [5, 5.41) is 5.03. The summed E-state index contributed by atoms with van der Waals surface area (Å²) in [6.07, 6.45) is -0.648. The molecule has 0 aromatic heterocycles. The first-order valence-electron chi connectivity index (χ1n) is 7.23. The molecule has 7 heteroatoms. The van der Waals surface area contributed by atoms with Gasteiger partial charge in [-0.05, 0) is 32.9 Å². The van der Waals surface area contributed by atoms with E-state index in [4.69, 9.17) is 9.47 Å². The number of esters is 1. The van der Waals surface area contributed by atoms with Crippen molar-refractivity contribution in [2.45, 2.75) is 32.8 Å². The van der Waals surface area contributed by atoms with Crippen LogP contribution in [0.1, 0.15) is 27.2 Å². The summed E-state index contributed by atoms with van der Waals surface area (Å²) in [6, 6.07) is 8.84. The Morgan fingerprint density at radius 3 is 2.35 bits per heavy atom. The van der Waals surface area contributed by atoms with Crippen molar-refractivity contribution in [3.8, 4) is 0 Å². The molecule has 0 heterocycles. The van der Waals surface area contributed by atoms with Gasteiger partial charge in [0, 0.05) is 12.2 Å². The van der Waals surface area contributed by atoms with Gasteiger partial charge in [-0.3, -0.25) is 9.59 Å². The molecule has 0 saturated carbocycles. The van der Waals surface area contributed by atoms with Crippen molar-refractivity contribution in [3.63, 3.8) is 0 Å². The monoisotopic (exact) mass is 322 g/mol. The number of carbonyl (C=O) groups is 3. The van der Waals surface area contributed by atoms with Crippen LogP contribution in [-0.2, 0) is 19.1 Å². The number of amides is 2. The van der Waals surface area contributed by atoms with Crippen molar-refractivity contribution >= 4 is 23.7 Å². The fourth-order valence-corrected chi connectivity index (χ4v) is 1.52. The van der Waals surface area contributed by atoms with Crippen LogP contribution in [0.2, 0.25) is 0 Å². The number of carbonyl (C=O) groups excluding carboxylic acids is 3. The van der Waals surface area contributed by atoms with E-state index in [2.05, 4.69) is 10.6 Å². The number of para-hydroxylation sites is 1. The lowest BCUT2D eigenvalue weighted by Gasteiger charge is -2.19. The summed E-state index contributed by atoms with van der Waals surface area (Å²) in [5.41, 5.74) is 0.0280. The van der Waals surface area contributed by atoms with Gasteiger partial charge in [0.15, 0.2) is 6.61 Å². The Bertz CT molecular complexity index is 537. The number of anilines is 1. The minimum atomic E-state index is -0.605. The van der Waals surface area contributed by atoms with Crippen LogP contribution >= 0.6 is 0 Å². The molecule has 0 fully saturated rings. The van der Waals surface area contributed by atoms with Gasteiger partial charge in [0.05, 0.1) is 6.42 Å². The zero-order chi connectivity index (χ0) is 17.3. The van der Waals surface area contributed by atoms with Gasteiger partial charge in [-0.15, -0.1) is 0 Å². The van der Waals surface area contributed by atoms with E-state index in [9.17, 15) is 14.4 Å². The van der Waals surface area contributed by atoms with E-state index in [0.29, 0.717) is 5.69 Å². The Morgan fingerprint density at radius 2 is 1.74 bits per heavy atom. The van der Waals surface area contributed by atoms with Crippen molar-refractivity contribution in [3.05, 3.63) is 30.3 Å². The molecule has 0 unspecified atom stereocenters. The lowest BCUT2D eigenvalue weighted by Crippen LogP contribution is -2.34. The minimum Gasteiger partial charge on any atom is -0.456 e. The summed E-state index contributed by atoms with van der Waals surface area (Å²) >= 11 is 0. The highest BCUT2D eigenvalue weighted by atomic mass is 16.6. The third-order valence-corrected chi connectivity index (χ3v) is 2.42. The zero-order valence-corrected chi connectivity index (χ0v) is 13.5. The Morgan fingerprint density at radius 1 is 1.09 bits per heavy atom. The van der Waals surface area contributed by atoms with E-state index >= 15 is 0 Å². The van der Waals surface area contributed by atoms with Crippen LogP contribution in [0.4, 0.5) is 10.5 Å². The summed E-state index contributed by atoms with van der Waals surface area (Å²) < 4.78 is 9.83. The number of alkyl carbamates (subject to hydrolysis) is 1. The van der Waals surface area contributed by atoms with Crippen molar-refractivity contribution in [2.24, 2.45) is 0 Å². The van der Waals surface area contributed by atoms with E-state index in [1.54, 1.807) is 45.0 Å². The second-order valence-corrected chi connectivity index (χ2v) is 5.75. The maximum Gasteiger partial charge on any atom is 0.407 e. The highest BCUT2D eigenvalue weighted by Gasteiger charge is 2.16. The third kappa shape index (κ3) is 9.13. The zero-order valence-electron chi connectivity index (χ0n) is 13.5. The summed E-state index contributed by atoms with van der Waals surface area (Å²) in [4.78, 5) is 34.4. The maximum absolute atomic E-state index is 11.6. The lowest BCUT2D eigenvalue weighted by molar-refractivity contribution is -0.147. The van der Waals surface area contributed by atoms with Gasteiger partial charge in [-0.25, -0.2) is 4.79 Å². The summed E-state index contributed by atoms with van der Waals surface area (Å²) in [7, 11) is 0. The van der Waals surface area contributed by atoms with Gasteiger partial charge < -0.3 is 20.1 Å². The fraction of sp³-hybridized carbons (Fsp3) is 0.438. The molecule has 0 spiro atoms. The molecular weight excluding hydrogens is 300 g/mol. The van der Waals surface area contributed by atoms with Gasteiger partial charge in [-0.1, -0.05) is 18.2 Å². The number of hydrogen-bond acceptors (Lipinski definition) is 5. The first kappa shape index (κ1) is 18.5. The fourth-order valence-electron chi connectivity index (χ4n) is 1.52. The van der Waals surface area contributed by atoms with E-state index in [1.807, 2.05) is 6.07 Å². The van der Waals surface area contributed by atoms with Crippen molar-refractivity contribution < 1.29 is 23.9 Å². The van der Waals surface area contributed by atoms with Gasteiger partial charge in [0.1, 0.15) is 5.60 Å². The Kier molecular flexibility index (Phi) is 7.05. The molecule has 1 aromatic rings. The Hall–Kier alpha value is -2.57. The topological polar surface area (TPSA) is 93.7 Å². The van der Waals surface area contributed by atoms with Gasteiger partial charge >= 0.3 is 12.1 Å². The molecule has 23 heavy (non-hydrogen) atoms. The van der Waals surface area contributed by atoms with Crippen LogP contribution in [0.15, 0.2) is 30.3 Å². The smallest absolute Gasteiger partial charge is 0.407 e. The van der Waals surface area contributed by atoms with E-state index < -0.39 is 23.6 Å². The average molecular weight is 322 g/mol. The average Bonchev–Trinajstić information content (AvgIpc) is 2.44. The first-order chi connectivity index (χ1) is 10.8. The summed E-state index contributed by atoms with van der Waals surface area (Å²) in [5.74, 6) is -1.01. The normalized spacial score (nSPS) is 10.6. The molecule has 1 rings (SSSR count). The molecule has 0 aliphatic rings. The number of benzene rings is 1. The Balaban J connectivity index is 2.17. The lowest BCUT2D eigenvalue weighted by atomic mass is 10.2. The number of rotatable bonds is 6. The summed E-state index contributed by atoms with van der Waals surface area (Å²) in [6.45, 7) is 4.93. The molecule has 0 aliphatic heterocycles. The van der Waals surface area contributed by atoms with Gasteiger partial charge in [0.2, 0.25) is 0 Å². The predicted octanol–water partition coefficient (Wildman–Crippen LogP) is 2.08. The number of nitrogens with one attached hydrogen (secondary N) is 2. The molecule has 1 aromatic carbocycles. The van der Waals surface area contributed by atoms with Crippen LogP contribution in [0.5, 0.6) is 0 Å². The molecule has 0 saturated heterocycles. The van der Waals surface area contributed by atoms with E-state index in [1.165, 1.54) is 0 Å². The van der Waals surface area contributed by atoms with E-state index in [-0.39, 0.29) is 19.6 Å². The van der Waals surface area contributed by atoms with Crippen molar-refractivity contribution in [2.75, 3.05) is 18.5 Å². The van der Waals surface area contributed by atoms with Crippen LogP contribution in [0.25, 0.3) is 0 Å². The van der Waals surface area contributed by atoms with Crippen LogP contribution in [-0.4, -0.2) is 36.7 Å². The SMILES string of the molecule is CC(C)(C)OC(=O)NCCC(=O)OCC(=O)Nc1ccccc1. The molecule has 0 bridgehead atoms. The first-order valence-corrected chi connectivity index (χ1v) is 7.23. The van der Waals surface area contributed by atoms with Gasteiger partial charge in [-0.2, -0.15) is 0 Å². The minimum absolute atomic E-state index is 0.0438. The van der Waals surface area contributed by atoms with Crippen molar-refractivity contribution in [1.29, 1.82) is 0 Å². The second-order valence-electron chi connectivity index (χ2n) is 5.75. The Labute approximate surface area is 135 Å². The molecule has 0 atom stereocenters. The van der Waals surface area contributed by atoms with Gasteiger partial charge in [0.25, 0.3) is 5.91 Å². The largest absolute Gasteiger partial charge is 0.456 e. The highest BCUT2D eigenvalue weighted by Crippen LogP contribution is 2.06. The number of ether oxygens (including phenoxy) is 2. The second kappa shape index (κ2) is 8.77. The van der Waals surface area contributed by atoms with E-state index in [0.717, 1.165) is 0 Å². The molecular formula is C16H22N2O5. The molecule has 126 valence electrons. The molecule has 0 aliphatic carbocycles. The van der Waals surface area contributed by atoms with Crippen molar-refractivity contribution in [1.82, 2.24) is 5.32 Å². The molecule has 7 nitrogen and oxygen atoms in total. The quantitative estimate of drug-likeness (QED) is 0.782. The van der Waals surface area contributed by atoms with Crippen LogP contribution in [0, 0.1) is 0 Å². The number of hydrogen-bond donors (Lipinski definition) is 2. The van der Waals surface area contributed by atoms with Crippen LogP contribution in [0.3, 0.4) is 0 Å². The van der Waals surface area contributed by atoms with Crippen LogP contribution < -0.4 is 10.6 Å².